The molecule has 0 saturated heterocycles. The highest BCUT2D eigenvalue weighted by Gasteiger charge is 2.10. The van der Waals surface area contributed by atoms with Gasteiger partial charge >= 0.3 is 5.97 Å². The smallest absolute Gasteiger partial charge is 0.309 e. The van der Waals surface area contributed by atoms with Crippen molar-refractivity contribution < 1.29 is 9.53 Å². The molecule has 0 aromatic heterocycles. The van der Waals surface area contributed by atoms with Gasteiger partial charge in [0.2, 0.25) is 0 Å². The summed E-state index contributed by atoms with van der Waals surface area (Å²) < 4.78 is 4.62. The second kappa shape index (κ2) is 4.47. The summed E-state index contributed by atoms with van der Waals surface area (Å²) in [4.78, 5) is 11.1. The van der Waals surface area contributed by atoms with E-state index >= 15 is 0 Å². The second-order valence-electron chi connectivity index (χ2n) is 3.22. The molecule has 0 aliphatic rings. The Morgan fingerprint density at radius 1 is 1.43 bits per heavy atom. The number of esters is 1. The number of carbonyl (C=O) groups excluding carboxylic acids is 1. The Labute approximate surface area is 88.8 Å². The monoisotopic (exact) mass is 212 g/mol. The highest BCUT2D eigenvalue weighted by molar-refractivity contribution is 6.31. The quantitative estimate of drug-likeness (QED) is 0.705. The van der Waals surface area contributed by atoms with Crippen LogP contribution in [0.4, 0.5) is 0 Å². The van der Waals surface area contributed by atoms with Gasteiger partial charge < -0.3 is 4.74 Å². The average molecular weight is 213 g/mol. The molecule has 3 heteroatoms. The summed E-state index contributed by atoms with van der Waals surface area (Å²) >= 11 is 5.96. The molecule has 1 rings (SSSR count). The fraction of sp³-hybridized carbons (Fsp3) is 0.364. The predicted molar refractivity (Wildman–Crippen MR) is 56.6 cm³/mol. The van der Waals surface area contributed by atoms with Crippen LogP contribution in [0.5, 0.6) is 0 Å². The molecule has 0 bridgehead atoms. The van der Waals surface area contributed by atoms with Crippen LogP contribution >= 0.6 is 11.6 Å². The minimum absolute atomic E-state index is 0.238. The zero-order chi connectivity index (χ0) is 10.7. The van der Waals surface area contributed by atoms with Gasteiger partial charge in [-0.15, -0.1) is 0 Å². The van der Waals surface area contributed by atoms with Crippen LogP contribution in [-0.2, 0) is 16.0 Å². The number of rotatable bonds is 2. The summed E-state index contributed by atoms with van der Waals surface area (Å²) in [6.45, 7) is 3.87. The van der Waals surface area contributed by atoms with E-state index in [1.54, 1.807) is 0 Å². The molecule has 0 amide bonds. The first-order valence-corrected chi connectivity index (χ1v) is 4.75. The Morgan fingerprint density at radius 3 is 2.64 bits per heavy atom. The molecular formula is C11H13ClO2. The molecule has 0 aliphatic heterocycles. The van der Waals surface area contributed by atoms with E-state index in [9.17, 15) is 4.79 Å². The minimum atomic E-state index is -0.238. The summed E-state index contributed by atoms with van der Waals surface area (Å²) in [7, 11) is 1.39. The molecule has 2 nitrogen and oxygen atoms in total. The third-order valence-corrected chi connectivity index (χ3v) is 2.72. The normalized spacial score (nSPS) is 10.0. The van der Waals surface area contributed by atoms with E-state index in [0.29, 0.717) is 5.02 Å². The summed E-state index contributed by atoms with van der Waals surface area (Å²) in [6, 6.07) is 3.75. The number of hydrogen-bond donors (Lipinski definition) is 0. The molecule has 0 N–H and O–H groups in total. The molecule has 0 fully saturated rings. The highest BCUT2D eigenvalue weighted by atomic mass is 35.5. The van der Waals surface area contributed by atoms with Crippen molar-refractivity contribution in [3.05, 3.63) is 33.8 Å². The number of hydrogen-bond acceptors (Lipinski definition) is 2. The van der Waals surface area contributed by atoms with Gasteiger partial charge in [0.05, 0.1) is 13.5 Å². The number of carbonyl (C=O) groups is 1. The average Bonchev–Trinajstić information content (AvgIpc) is 2.18. The van der Waals surface area contributed by atoms with Gasteiger partial charge in [0.25, 0.3) is 0 Å². The van der Waals surface area contributed by atoms with Crippen molar-refractivity contribution in [2.75, 3.05) is 7.11 Å². The fourth-order valence-electron chi connectivity index (χ4n) is 1.35. The lowest BCUT2D eigenvalue weighted by atomic mass is 10.0. The summed E-state index contributed by atoms with van der Waals surface area (Å²) in [5.74, 6) is -0.238. The largest absolute Gasteiger partial charge is 0.469 e. The molecule has 14 heavy (non-hydrogen) atoms. The van der Waals surface area contributed by atoms with Gasteiger partial charge in [-0.1, -0.05) is 17.7 Å². The van der Waals surface area contributed by atoms with E-state index in [1.165, 1.54) is 7.11 Å². The third kappa shape index (κ3) is 2.26. The van der Waals surface area contributed by atoms with Crippen molar-refractivity contribution in [3.8, 4) is 0 Å². The fourth-order valence-corrected chi connectivity index (χ4v) is 1.53. The van der Waals surface area contributed by atoms with Gasteiger partial charge in [-0.05, 0) is 36.6 Å². The number of aryl methyl sites for hydroxylation is 1. The molecule has 0 unspecified atom stereocenters. The van der Waals surface area contributed by atoms with Crippen LogP contribution in [0.15, 0.2) is 12.1 Å². The van der Waals surface area contributed by atoms with Crippen molar-refractivity contribution in [2.24, 2.45) is 0 Å². The first-order valence-electron chi connectivity index (χ1n) is 4.37. The van der Waals surface area contributed by atoms with Gasteiger partial charge in [-0.3, -0.25) is 4.79 Å². The maximum Gasteiger partial charge on any atom is 0.309 e. The lowest BCUT2D eigenvalue weighted by Crippen LogP contribution is -2.07. The molecular weight excluding hydrogens is 200 g/mol. The van der Waals surface area contributed by atoms with Crippen LogP contribution in [0.1, 0.15) is 16.7 Å². The molecule has 76 valence electrons. The van der Waals surface area contributed by atoms with Crippen LogP contribution in [0.25, 0.3) is 0 Å². The van der Waals surface area contributed by atoms with Crippen LogP contribution in [-0.4, -0.2) is 13.1 Å². The van der Waals surface area contributed by atoms with Gasteiger partial charge in [0.1, 0.15) is 0 Å². The van der Waals surface area contributed by atoms with E-state index in [4.69, 9.17) is 11.6 Å². The lowest BCUT2D eigenvalue weighted by Gasteiger charge is -2.09. The number of benzene rings is 1. The predicted octanol–water partition coefficient (Wildman–Crippen LogP) is 2.67. The van der Waals surface area contributed by atoms with Gasteiger partial charge in [-0.2, -0.15) is 0 Å². The molecule has 1 aromatic carbocycles. The summed E-state index contributed by atoms with van der Waals surface area (Å²) in [6.07, 6.45) is 0.286. The first-order chi connectivity index (χ1) is 6.56. The zero-order valence-electron chi connectivity index (χ0n) is 8.56. The molecule has 0 aliphatic carbocycles. The van der Waals surface area contributed by atoms with E-state index in [2.05, 4.69) is 4.74 Å². The van der Waals surface area contributed by atoms with Gasteiger partial charge in [0.15, 0.2) is 0 Å². The standard InChI is InChI=1S/C11H13ClO2/c1-7-4-5-10(12)8(2)9(7)6-11(13)14-3/h4-5H,6H2,1-3H3. The van der Waals surface area contributed by atoms with Crippen molar-refractivity contribution in [1.82, 2.24) is 0 Å². The molecule has 1 aromatic rings. The van der Waals surface area contributed by atoms with Crippen molar-refractivity contribution >= 4 is 17.6 Å². The molecule has 0 heterocycles. The van der Waals surface area contributed by atoms with Crippen molar-refractivity contribution in [1.29, 1.82) is 0 Å². The maximum atomic E-state index is 11.1. The van der Waals surface area contributed by atoms with Crippen LogP contribution in [0.2, 0.25) is 5.02 Å². The zero-order valence-corrected chi connectivity index (χ0v) is 9.31. The first kappa shape index (κ1) is 11.1. The minimum Gasteiger partial charge on any atom is -0.469 e. The van der Waals surface area contributed by atoms with E-state index in [1.807, 2.05) is 26.0 Å². The molecule has 0 spiro atoms. The van der Waals surface area contributed by atoms with E-state index in [0.717, 1.165) is 16.7 Å². The second-order valence-corrected chi connectivity index (χ2v) is 3.63. The number of ether oxygens (including phenoxy) is 1. The topological polar surface area (TPSA) is 26.3 Å². The molecule has 0 radical (unpaired) electrons. The van der Waals surface area contributed by atoms with Crippen LogP contribution < -0.4 is 0 Å². The van der Waals surface area contributed by atoms with Crippen molar-refractivity contribution in [3.63, 3.8) is 0 Å². The maximum absolute atomic E-state index is 11.1. The Balaban J connectivity index is 3.06. The Bertz CT molecular complexity index is 359. The Morgan fingerprint density at radius 2 is 2.07 bits per heavy atom. The van der Waals surface area contributed by atoms with Crippen molar-refractivity contribution in [2.45, 2.75) is 20.3 Å². The third-order valence-electron chi connectivity index (χ3n) is 2.32. The number of methoxy groups -OCH3 is 1. The molecule has 0 atom stereocenters. The van der Waals surface area contributed by atoms with Crippen LogP contribution in [0.3, 0.4) is 0 Å². The van der Waals surface area contributed by atoms with E-state index < -0.39 is 0 Å². The highest BCUT2D eigenvalue weighted by Crippen LogP contribution is 2.22. The summed E-state index contributed by atoms with van der Waals surface area (Å²) in [5, 5.41) is 0.689. The summed E-state index contributed by atoms with van der Waals surface area (Å²) in [5.41, 5.74) is 2.98. The SMILES string of the molecule is COC(=O)Cc1c(C)ccc(Cl)c1C. The molecule has 0 saturated carbocycles. The Kier molecular flexibility index (Phi) is 3.53. The van der Waals surface area contributed by atoms with Gasteiger partial charge in [-0.25, -0.2) is 0 Å². The van der Waals surface area contributed by atoms with Gasteiger partial charge in [0, 0.05) is 5.02 Å². The number of halogens is 1. The lowest BCUT2D eigenvalue weighted by molar-refractivity contribution is -0.139. The van der Waals surface area contributed by atoms with E-state index in [-0.39, 0.29) is 12.4 Å². The Hall–Kier alpha value is -1.02. The van der Waals surface area contributed by atoms with Crippen LogP contribution in [0, 0.1) is 13.8 Å².